The van der Waals surface area contributed by atoms with Crippen LogP contribution in [-0.2, 0) is 16.1 Å². The van der Waals surface area contributed by atoms with E-state index in [1.165, 1.54) is 24.1 Å². The van der Waals surface area contributed by atoms with Gasteiger partial charge in [-0.05, 0) is 59.5 Å². The highest BCUT2D eigenvalue weighted by Crippen LogP contribution is 2.35. The number of hydrogen-bond acceptors (Lipinski definition) is 6. The second-order valence-electron chi connectivity index (χ2n) is 9.93. The van der Waals surface area contributed by atoms with Crippen molar-refractivity contribution < 1.29 is 23.5 Å². The van der Waals surface area contributed by atoms with Gasteiger partial charge in [-0.1, -0.05) is 28.9 Å². The molecule has 4 aromatic rings. The molecule has 41 heavy (non-hydrogen) atoms. The van der Waals surface area contributed by atoms with Crippen molar-refractivity contribution in [3.05, 3.63) is 98.1 Å². The standard InChI is InChI=1S/C30H28BrFN4O5/c1-16-15-41-30(39)35-19-6-7-24(31)18(10-19)14-36(2)29(38)27(23-13-26(40-3)21(16)12-25(23)32)34-20-5-4-17-8-9-33-28(37)22(17)11-20/h4-13,16,27,34H,14-15H2,1-3H3,(H,33,37)(H,35,39)/t16-,27+/m0/s1. The predicted molar refractivity (Wildman–Crippen MR) is 158 cm³/mol. The Kier molecular flexibility index (Phi) is 7.98. The summed E-state index contributed by atoms with van der Waals surface area (Å²) in [4.78, 5) is 43.0. The highest BCUT2D eigenvalue weighted by molar-refractivity contribution is 9.10. The van der Waals surface area contributed by atoms with Crippen LogP contribution < -0.4 is 20.9 Å². The quantitative estimate of drug-likeness (QED) is 0.262. The van der Waals surface area contributed by atoms with Crippen molar-refractivity contribution in [2.24, 2.45) is 0 Å². The number of hydrogen-bond donors (Lipinski definition) is 3. The third-order valence-corrected chi connectivity index (χ3v) is 7.84. The zero-order valence-electron chi connectivity index (χ0n) is 22.6. The van der Waals surface area contributed by atoms with Crippen LogP contribution in [0.15, 0.2) is 70.1 Å². The number of aromatic amines is 1. The van der Waals surface area contributed by atoms with E-state index in [4.69, 9.17) is 9.47 Å². The van der Waals surface area contributed by atoms with E-state index in [1.54, 1.807) is 62.6 Å². The molecule has 0 radical (unpaired) electrons. The lowest BCUT2D eigenvalue weighted by molar-refractivity contribution is -0.131. The van der Waals surface area contributed by atoms with Crippen LogP contribution in [0, 0.1) is 5.82 Å². The van der Waals surface area contributed by atoms with Crippen LogP contribution in [0.5, 0.6) is 5.75 Å². The fourth-order valence-corrected chi connectivity index (χ4v) is 5.22. The minimum absolute atomic E-state index is 0.0284. The van der Waals surface area contributed by atoms with Gasteiger partial charge in [-0.2, -0.15) is 0 Å². The number of halogens is 2. The van der Waals surface area contributed by atoms with Crippen LogP contribution in [-0.4, -0.2) is 42.6 Å². The van der Waals surface area contributed by atoms with Gasteiger partial charge in [0.1, 0.15) is 17.6 Å². The van der Waals surface area contributed by atoms with Crippen molar-refractivity contribution >= 4 is 50.1 Å². The Morgan fingerprint density at radius 3 is 2.66 bits per heavy atom. The Morgan fingerprint density at radius 2 is 1.88 bits per heavy atom. The highest BCUT2D eigenvalue weighted by Gasteiger charge is 2.30. The zero-order valence-corrected chi connectivity index (χ0v) is 24.2. The number of nitrogens with one attached hydrogen (secondary N) is 3. The van der Waals surface area contributed by atoms with Gasteiger partial charge in [0.25, 0.3) is 5.56 Å². The Hall–Kier alpha value is -4.38. The monoisotopic (exact) mass is 622 g/mol. The molecule has 2 amide bonds. The number of methoxy groups -OCH3 is 1. The molecule has 2 aliphatic heterocycles. The van der Waals surface area contributed by atoms with E-state index >= 15 is 4.39 Å². The first kappa shape index (κ1) is 28.2. The van der Waals surface area contributed by atoms with Crippen molar-refractivity contribution in [1.82, 2.24) is 9.88 Å². The number of amides is 2. The van der Waals surface area contributed by atoms with Gasteiger partial charge in [0.05, 0.1) is 13.7 Å². The van der Waals surface area contributed by atoms with E-state index in [-0.39, 0.29) is 24.3 Å². The van der Waals surface area contributed by atoms with Crippen LogP contribution in [0.25, 0.3) is 10.8 Å². The summed E-state index contributed by atoms with van der Waals surface area (Å²) in [6, 6.07) is 13.7. The van der Waals surface area contributed by atoms with Gasteiger partial charge in [-0.25, -0.2) is 9.18 Å². The maximum Gasteiger partial charge on any atom is 0.411 e. The molecule has 0 saturated carbocycles. The average Bonchev–Trinajstić information content (AvgIpc) is 2.96. The average molecular weight is 623 g/mol. The summed E-state index contributed by atoms with van der Waals surface area (Å²) < 4.78 is 27.6. The normalized spacial score (nSPS) is 17.7. The maximum atomic E-state index is 15.9. The van der Waals surface area contributed by atoms with Crippen molar-refractivity contribution in [3.63, 3.8) is 0 Å². The molecule has 2 atom stereocenters. The van der Waals surface area contributed by atoms with E-state index in [0.29, 0.717) is 33.6 Å². The first-order valence-corrected chi connectivity index (χ1v) is 13.7. The molecule has 2 aliphatic rings. The highest BCUT2D eigenvalue weighted by atomic mass is 79.9. The molecule has 11 heteroatoms. The number of nitrogens with zero attached hydrogens (tertiary/aromatic N) is 1. The SMILES string of the molecule is COc1cc2c(F)cc1[C@@H](C)COC(=O)Nc1ccc(Br)c(c1)CN(C)C(=O)[C@@H]2Nc1ccc2cc[nH]c(=O)c2c1. The number of rotatable bonds is 3. The van der Waals surface area contributed by atoms with E-state index in [0.717, 1.165) is 9.86 Å². The summed E-state index contributed by atoms with van der Waals surface area (Å²) in [7, 11) is 3.06. The molecule has 6 rings (SSSR count). The number of carbonyl (C=O) groups is 2. The van der Waals surface area contributed by atoms with Gasteiger partial charge >= 0.3 is 6.09 Å². The molecule has 3 heterocycles. The van der Waals surface area contributed by atoms with Crippen LogP contribution in [0.1, 0.15) is 35.6 Å². The summed E-state index contributed by atoms with van der Waals surface area (Å²) in [5.74, 6) is -1.13. The molecular weight excluding hydrogens is 595 g/mol. The Labute approximate surface area is 243 Å². The summed E-state index contributed by atoms with van der Waals surface area (Å²) >= 11 is 3.51. The van der Waals surface area contributed by atoms with Crippen molar-refractivity contribution in [3.8, 4) is 5.75 Å². The predicted octanol–water partition coefficient (Wildman–Crippen LogP) is 5.92. The molecule has 0 spiro atoms. The molecule has 0 fully saturated rings. The van der Waals surface area contributed by atoms with Crippen LogP contribution in [0.4, 0.5) is 20.6 Å². The zero-order chi connectivity index (χ0) is 29.3. The van der Waals surface area contributed by atoms with Crippen LogP contribution >= 0.6 is 15.9 Å². The number of anilines is 2. The van der Waals surface area contributed by atoms with Gasteiger partial charge in [0.2, 0.25) is 5.91 Å². The molecule has 0 aliphatic carbocycles. The molecule has 0 unspecified atom stereocenters. The first-order valence-electron chi connectivity index (χ1n) is 12.9. The third kappa shape index (κ3) is 5.90. The van der Waals surface area contributed by atoms with Gasteiger partial charge in [0, 0.05) is 58.1 Å². The van der Waals surface area contributed by atoms with Gasteiger partial charge < -0.3 is 24.7 Å². The van der Waals surface area contributed by atoms with E-state index in [1.807, 2.05) is 0 Å². The largest absolute Gasteiger partial charge is 0.496 e. The van der Waals surface area contributed by atoms with Crippen molar-refractivity contribution in [2.75, 3.05) is 31.4 Å². The number of benzene rings is 3. The third-order valence-electron chi connectivity index (χ3n) is 7.06. The molecule has 212 valence electrons. The molecular formula is C30H28BrFN4O5. The summed E-state index contributed by atoms with van der Waals surface area (Å²) in [5, 5.41) is 7.01. The molecule has 3 N–H and O–H groups in total. The second-order valence-corrected chi connectivity index (χ2v) is 10.8. The summed E-state index contributed by atoms with van der Waals surface area (Å²) in [6.45, 7) is 1.90. The smallest absolute Gasteiger partial charge is 0.411 e. The fourth-order valence-electron chi connectivity index (χ4n) is 4.85. The number of carbonyl (C=O) groups excluding carboxylic acids is 2. The van der Waals surface area contributed by atoms with E-state index in [9.17, 15) is 14.4 Å². The lowest BCUT2D eigenvalue weighted by atomic mass is 9.95. The van der Waals surface area contributed by atoms with Gasteiger partial charge in [-0.3, -0.25) is 14.9 Å². The molecule has 0 saturated heterocycles. The van der Waals surface area contributed by atoms with Crippen molar-refractivity contribution in [2.45, 2.75) is 25.4 Å². The van der Waals surface area contributed by atoms with Gasteiger partial charge in [0.15, 0.2) is 0 Å². The lowest BCUT2D eigenvalue weighted by Gasteiger charge is -2.28. The van der Waals surface area contributed by atoms with E-state index < -0.39 is 29.8 Å². The minimum atomic E-state index is -1.16. The minimum Gasteiger partial charge on any atom is -0.496 e. The number of ether oxygens (including phenoxy) is 2. The molecule has 1 aromatic heterocycles. The fraction of sp³-hybridized carbons (Fsp3) is 0.233. The molecule has 4 bridgehead atoms. The van der Waals surface area contributed by atoms with Crippen LogP contribution in [0.2, 0.25) is 0 Å². The first-order chi connectivity index (χ1) is 19.6. The number of likely N-dealkylation sites (N-methyl/N-ethyl adjacent to an activating group) is 1. The van der Waals surface area contributed by atoms with Crippen LogP contribution in [0.3, 0.4) is 0 Å². The van der Waals surface area contributed by atoms with E-state index in [2.05, 4.69) is 31.5 Å². The maximum absolute atomic E-state index is 15.9. The second kappa shape index (κ2) is 11.6. The summed E-state index contributed by atoms with van der Waals surface area (Å²) in [5.41, 5.74) is 1.94. The molecule has 3 aromatic carbocycles. The lowest BCUT2D eigenvalue weighted by Crippen LogP contribution is -2.35. The van der Waals surface area contributed by atoms with Gasteiger partial charge in [-0.15, -0.1) is 0 Å². The Balaban J connectivity index is 1.63. The number of H-pyrrole nitrogens is 1. The summed E-state index contributed by atoms with van der Waals surface area (Å²) in [6.07, 6.45) is 0.905. The number of aromatic nitrogens is 1. The Morgan fingerprint density at radius 1 is 1.07 bits per heavy atom. The number of pyridine rings is 1. The molecule has 9 nitrogen and oxygen atoms in total. The number of fused-ring (bicyclic) bond motifs is 10. The van der Waals surface area contributed by atoms with Crippen molar-refractivity contribution in [1.29, 1.82) is 0 Å². The topological polar surface area (TPSA) is 113 Å². The Bertz CT molecular complexity index is 1710.